The molecule has 0 bridgehead atoms. The second-order valence-electron chi connectivity index (χ2n) is 4.32. The Labute approximate surface area is 126 Å². The molecule has 0 spiro atoms. The molecule has 4 nitrogen and oxygen atoms in total. The fourth-order valence-electron chi connectivity index (χ4n) is 1.78. The van der Waals surface area contributed by atoms with Gasteiger partial charge in [-0.15, -0.1) is 11.8 Å². The second-order valence-corrected chi connectivity index (χ2v) is 5.75. The number of thioether (sulfide) groups is 1. The predicted molar refractivity (Wildman–Crippen MR) is 83.3 cm³/mol. The van der Waals surface area contributed by atoms with Gasteiger partial charge in [0.15, 0.2) is 0 Å². The summed E-state index contributed by atoms with van der Waals surface area (Å²) in [6.45, 7) is 1.97. The molecule has 0 amide bonds. The third kappa shape index (κ3) is 3.23. The lowest BCUT2D eigenvalue weighted by atomic mass is 10.2. The molecule has 104 valence electrons. The largest absolute Gasteiger partial charge is 0.398 e. The zero-order chi connectivity index (χ0) is 14.7. The molecule has 2 N–H and O–H groups in total. The summed E-state index contributed by atoms with van der Waals surface area (Å²) in [4.78, 5) is 11.5. The van der Waals surface area contributed by atoms with Gasteiger partial charge >= 0.3 is 0 Å². The van der Waals surface area contributed by atoms with E-state index in [2.05, 4.69) is 0 Å². The Morgan fingerprint density at radius 1 is 1.35 bits per heavy atom. The lowest BCUT2D eigenvalue weighted by Crippen LogP contribution is -1.96. The Kier molecular flexibility index (Phi) is 4.52. The van der Waals surface area contributed by atoms with Gasteiger partial charge in [-0.25, -0.2) is 0 Å². The fraction of sp³-hybridized carbons (Fsp3) is 0.143. The van der Waals surface area contributed by atoms with Gasteiger partial charge in [0.2, 0.25) is 0 Å². The molecule has 6 heteroatoms. The predicted octanol–water partition coefficient (Wildman–Crippen LogP) is 4.43. The van der Waals surface area contributed by atoms with E-state index < -0.39 is 4.92 Å². The highest BCUT2D eigenvalue weighted by molar-refractivity contribution is 7.98. The number of halogens is 1. The molecule has 0 fully saturated rings. The summed E-state index contributed by atoms with van der Waals surface area (Å²) in [5.41, 5.74) is 8.21. The van der Waals surface area contributed by atoms with E-state index in [-0.39, 0.29) is 5.69 Å². The van der Waals surface area contributed by atoms with Crippen LogP contribution in [0.3, 0.4) is 0 Å². The van der Waals surface area contributed by atoms with Gasteiger partial charge in [-0.3, -0.25) is 10.1 Å². The first kappa shape index (κ1) is 14.7. The lowest BCUT2D eigenvalue weighted by molar-refractivity contribution is -0.385. The number of nitro benzene ring substituents is 1. The van der Waals surface area contributed by atoms with Gasteiger partial charge < -0.3 is 5.73 Å². The Hall–Kier alpha value is -1.72. The topological polar surface area (TPSA) is 69.2 Å². The van der Waals surface area contributed by atoms with Crippen LogP contribution in [0.15, 0.2) is 41.3 Å². The SMILES string of the molecule is Cc1ccc(N)c(SCc2c(Cl)cccc2[N+](=O)[O-])c1. The van der Waals surface area contributed by atoms with E-state index in [0.717, 1.165) is 10.5 Å². The third-order valence-electron chi connectivity index (χ3n) is 2.83. The maximum Gasteiger partial charge on any atom is 0.274 e. The average Bonchev–Trinajstić information content (AvgIpc) is 2.40. The maximum atomic E-state index is 11.0. The second kappa shape index (κ2) is 6.15. The van der Waals surface area contributed by atoms with Crippen LogP contribution in [0.25, 0.3) is 0 Å². The number of nitro groups is 1. The van der Waals surface area contributed by atoms with E-state index in [1.165, 1.54) is 17.8 Å². The minimum absolute atomic E-state index is 0.0382. The molecular formula is C14H13ClN2O2S. The summed E-state index contributed by atoms with van der Waals surface area (Å²) in [6, 6.07) is 10.4. The molecule has 2 aromatic carbocycles. The number of nitrogens with zero attached hydrogens (tertiary/aromatic N) is 1. The van der Waals surface area contributed by atoms with Crippen LogP contribution in [0.1, 0.15) is 11.1 Å². The fourth-order valence-corrected chi connectivity index (χ4v) is 3.20. The van der Waals surface area contributed by atoms with Gasteiger partial charge in [0.1, 0.15) is 0 Å². The quantitative estimate of drug-likeness (QED) is 0.392. The first-order valence-electron chi connectivity index (χ1n) is 5.89. The van der Waals surface area contributed by atoms with Crippen LogP contribution in [0.2, 0.25) is 5.02 Å². The summed E-state index contributed by atoms with van der Waals surface area (Å²) >= 11 is 7.51. The van der Waals surface area contributed by atoms with Crippen LogP contribution in [-0.4, -0.2) is 4.92 Å². The summed E-state index contributed by atoms with van der Waals surface area (Å²) in [5.74, 6) is 0.406. The van der Waals surface area contributed by atoms with E-state index in [9.17, 15) is 10.1 Å². The molecule has 20 heavy (non-hydrogen) atoms. The lowest BCUT2D eigenvalue weighted by Gasteiger charge is -2.08. The minimum Gasteiger partial charge on any atom is -0.398 e. The van der Waals surface area contributed by atoms with E-state index in [0.29, 0.717) is 22.0 Å². The number of hydrogen-bond acceptors (Lipinski definition) is 4. The molecule has 0 aliphatic heterocycles. The van der Waals surface area contributed by atoms with Crippen molar-refractivity contribution in [3.8, 4) is 0 Å². The number of aryl methyl sites for hydroxylation is 1. The highest BCUT2D eigenvalue weighted by atomic mass is 35.5. The van der Waals surface area contributed by atoms with Gasteiger partial charge in [0.25, 0.3) is 5.69 Å². The van der Waals surface area contributed by atoms with Crippen molar-refractivity contribution in [1.82, 2.24) is 0 Å². The van der Waals surface area contributed by atoms with Crippen LogP contribution in [0, 0.1) is 17.0 Å². The monoisotopic (exact) mass is 308 g/mol. The standard InChI is InChI=1S/C14H13ClN2O2S/c1-9-5-6-12(16)14(7-9)20-8-10-11(15)3-2-4-13(10)17(18)19/h2-7H,8,16H2,1H3. The highest BCUT2D eigenvalue weighted by Gasteiger charge is 2.17. The van der Waals surface area contributed by atoms with Crippen LogP contribution in [0.5, 0.6) is 0 Å². The van der Waals surface area contributed by atoms with Gasteiger partial charge in [-0.2, -0.15) is 0 Å². The van der Waals surface area contributed by atoms with Gasteiger partial charge in [0, 0.05) is 22.4 Å². The van der Waals surface area contributed by atoms with Crippen molar-refractivity contribution >= 4 is 34.7 Å². The zero-order valence-electron chi connectivity index (χ0n) is 10.8. The third-order valence-corrected chi connectivity index (χ3v) is 4.28. The molecular weight excluding hydrogens is 296 g/mol. The molecule has 0 unspecified atom stereocenters. The molecule has 0 aromatic heterocycles. The van der Waals surface area contributed by atoms with Crippen LogP contribution in [-0.2, 0) is 5.75 Å². The molecule has 0 heterocycles. The van der Waals surface area contributed by atoms with Gasteiger partial charge in [-0.05, 0) is 30.7 Å². The molecule has 2 rings (SSSR count). The Morgan fingerprint density at radius 3 is 2.80 bits per heavy atom. The van der Waals surface area contributed by atoms with E-state index in [1.807, 2.05) is 25.1 Å². The Balaban J connectivity index is 2.27. The van der Waals surface area contributed by atoms with Crippen molar-refractivity contribution in [3.05, 3.63) is 62.7 Å². The smallest absolute Gasteiger partial charge is 0.274 e. The molecule has 0 atom stereocenters. The van der Waals surface area contributed by atoms with Gasteiger partial charge in [-0.1, -0.05) is 23.7 Å². The molecule has 0 aliphatic carbocycles. The number of hydrogen-bond donors (Lipinski definition) is 1. The van der Waals surface area contributed by atoms with Crippen molar-refractivity contribution < 1.29 is 4.92 Å². The van der Waals surface area contributed by atoms with Crippen molar-refractivity contribution in [3.63, 3.8) is 0 Å². The molecule has 2 aromatic rings. The summed E-state index contributed by atoms with van der Waals surface area (Å²) in [7, 11) is 0. The summed E-state index contributed by atoms with van der Waals surface area (Å²) in [5, 5.41) is 11.4. The van der Waals surface area contributed by atoms with E-state index in [1.54, 1.807) is 12.1 Å². The first-order valence-corrected chi connectivity index (χ1v) is 7.26. The first-order chi connectivity index (χ1) is 9.49. The van der Waals surface area contributed by atoms with Crippen molar-refractivity contribution in [2.45, 2.75) is 17.6 Å². The Morgan fingerprint density at radius 2 is 2.10 bits per heavy atom. The number of anilines is 1. The molecule has 0 radical (unpaired) electrons. The molecule has 0 saturated heterocycles. The number of nitrogens with two attached hydrogens (primary N) is 1. The number of rotatable bonds is 4. The van der Waals surface area contributed by atoms with Crippen LogP contribution < -0.4 is 5.73 Å². The van der Waals surface area contributed by atoms with E-state index in [4.69, 9.17) is 17.3 Å². The number of nitrogen functional groups attached to an aromatic ring is 1. The van der Waals surface area contributed by atoms with Gasteiger partial charge in [0.05, 0.1) is 15.5 Å². The highest BCUT2D eigenvalue weighted by Crippen LogP contribution is 2.35. The van der Waals surface area contributed by atoms with Crippen molar-refractivity contribution in [2.24, 2.45) is 0 Å². The zero-order valence-corrected chi connectivity index (χ0v) is 12.4. The normalized spacial score (nSPS) is 10.5. The molecule has 0 aliphatic rings. The molecule has 0 saturated carbocycles. The minimum atomic E-state index is -0.415. The summed E-state index contributed by atoms with van der Waals surface area (Å²) in [6.07, 6.45) is 0. The van der Waals surface area contributed by atoms with Crippen molar-refractivity contribution in [1.29, 1.82) is 0 Å². The summed E-state index contributed by atoms with van der Waals surface area (Å²) < 4.78 is 0. The van der Waals surface area contributed by atoms with Crippen molar-refractivity contribution in [2.75, 3.05) is 5.73 Å². The number of benzene rings is 2. The van der Waals surface area contributed by atoms with E-state index >= 15 is 0 Å². The van der Waals surface area contributed by atoms with Crippen LogP contribution in [0.4, 0.5) is 11.4 Å². The maximum absolute atomic E-state index is 11.0. The van der Waals surface area contributed by atoms with Crippen LogP contribution >= 0.6 is 23.4 Å². The Bertz CT molecular complexity index is 662. The average molecular weight is 309 g/mol.